The monoisotopic (exact) mass is 1170 g/mol. The van der Waals surface area contributed by atoms with Crippen molar-refractivity contribution in [3.8, 4) is 0 Å². The molecule has 0 aliphatic rings. The molecule has 0 aliphatic heterocycles. The molecule has 0 saturated heterocycles. The molecule has 0 radical (unpaired) electrons. The molecule has 0 N–H and O–H groups in total. The molecule has 0 rings (SSSR count). The highest BCUT2D eigenvalue weighted by Crippen LogP contribution is 2.19. The molecule has 83 heavy (non-hydrogen) atoms. The van der Waals surface area contributed by atoms with Gasteiger partial charge in [0.2, 0.25) is 0 Å². The van der Waals surface area contributed by atoms with Crippen molar-refractivity contribution >= 4 is 17.9 Å². The van der Waals surface area contributed by atoms with Crippen LogP contribution in [0.5, 0.6) is 0 Å². The zero-order valence-electron chi connectivity index (χ0n) is 56.5. The second-order valence-corrected chi connectivity index (χ2v) is 25.9. The lowest BCUT2D eigenvalue weighted by Crippen LogP contribution is -2.30. The smallest absolute Gasteiger partial charge is 0.306 e. The Morgan fingerprint density at radius 1 is 0.241 bits per heavy atom. The van der Waals surface area contributed by atoms with E-state index in [2.05, 4.69) is 45.1 Å². The van der Waals surface area contributed by atoms with Gasteiger partial charge in [-0.3, -0.25) is 14.4 Å². The van der Waals surface area contributed by atoms with E-state index in [1.54, 1.807) is 0 Å². The fourth-order valence-electron chi connectivity index (χ4n) is 11.8. The van der Waals surface area contributed by atoms with Crippen LogP contribution in [0.4, 0.5) is 0 Å². The summed E-state index contributed by atoms with van der Waals surface area (Å²) in [4.78, 5) is 38.5. The van der Waals surface area contributed by atoms with Gasteiger partial charge < -0.3 is 14.2 Å². The Morgan fingerprint density at radius 3 is 0.663 bits per heavy atom. The van der Waals surface area contributed by atoms with Crippen LogP contribution in [-0.4, -0.2) is 37.2 Å². The first-order valence-electron chi connectivity index (χ1n) is 37.8. The van der Waals surface area contributed by atoms with Gasteiger partial charge in [-0.2, -0.15) is 0 Å². The maximum Gasteiger partial charge on any atom is 0.306 e. The molecule has 0 saturated carbocycles. The van der Waals surface area contributed by atoms with Crippen LogP contribution in [0, 0.1) is 0 Å². The van der Waals surface area contributed by atoms with Gasteiger partial charge in [0.15, 0.2) is 6.10 Å². The fourth-order valence-corrected chi connectivity index (χ4v) is 11.8. The lowest BCUT2D eigenvalue weighted by Gasteiger charge is -2.18. The molecule has 6 nitrogen and oxygen atoms in total. The molecule has 0 aromatic carbocycles. The number of ether oxygens (including phenoxy) is 3. The van der Waals surface area contributed by atoms with E-state index in [4.69, 9.17) is 14.2 Å². The number of unbranched alkanes of at least 4 members (excludes halogenated alkanes) is 56. The Bertz CT molecular complexity index is 1340. The van der Waals surface area contributed by atoms with Crippen molar-refractivity contribution in [1.29, 1.82) is 0 Å². The highest BCUT2D eigenvalue weighted by molar-refractivity contribution is 5.71. The maximum atomic E-state index is 13.0. The summed E-state index contributed by atoms with van der Waals surface area (Å²) in [6, 6.07) is 0. The van der Waals surface area contributed by atoms with Gasteiger partial charge in [0.25, 0.3) is 0 Å². The van der Waals surface area contributed by atoms with Gasteiger partial charge in [-0.05, 0) is 51.4 Å². The summed E-state index contributed by atoms with van der Waals surface area (Å²) >= 11 is 0. The van der Waals surface area contributed by atoms with E-state index in [0.29, 0.717) is 19.3 Å². The van der Waals surface area contributed by atoms with E-state index >= 15 is 0 Å². The largest absolute Gasteiger partial charge is 0.462 e. The van der Waals surface area contributed by atoms with Crippen molar-refractivity contribution in [3.63, 3.8) is 0 Å². The topological polar surface area (TPSA) is 78.9 Å². The van der Waals surface area contributed by atoms with Crippen LogP contribution in [-0.2, 0) is 28.6 Å². The van der Waals surface area contributed by atoms with Crippen molar-refractivity contribution in [2.24, 2.45) is 0 Å². The van der Waals surface area contributed by atoms with Gasteiger partial charge in [-0.15, -0.1) is 0 Å². The molecule has 0 spiro atoms. The molecule has 0 bridgehead atoms. The zero-order chi connectivity index (χ0) is 59.9. The second kappa shape index (κ2) is 72.4. The number of carbonyl (C=O) groups is 3. The van der Waals surface area contributed by atoms with E-state index in [0.717, 1.165) is 64.2 Å². The van der Waals surface area contributed by atoms with Crippen LogP contribution in [0.1, 0.15) is 432 Å². The molecule has 0 amide bonds. The van der Waals surface area contributed by atoms with Crippen LogP contribution in [0.3, 0.4) is 0 Å². The predicted molar refractivity (Wildman–Crippen MR) is 363 cm³/mol. The molecule has 490 valence electrons. The average molecular weight is 1170 g/mol. The first-order valence-corrected chi connectivity index (χ1v) is 37.8. The van der Waals surface area contributed by atoms with Crippen molar-refractivity contribution in [2.75, 3.05) is 13.2 Å². The maximum absolute atomic E-state index is 13.0. The fraction of sp³-hybridized carbons (Fsp3) is 0.909. The highest BCUT2D eigenvalue weighted by Gasteiger charge is 2.20. The van der Waals surface area contributed by atoms with Gasteiger partial charge in [-0.25, -0.2) is 0 Å². The number of rotatable bonds is 71. The molecule has 0 aromatic rings. The molecule has 1 unspecified atom stereocenters. The van der Waals surface area contributed by atoms with Crippen molar-refractivity contribution < 1.29 is 28.6 Å². The average Bonchev–Trinajstić information content (AvgIpc) is 3.49. The summed E-state index contributed by atoms with van der Waals surface area (Å²) in [7, 11) is 0. The van der Waals surface area contributed by atoms with Crippen LogP contribution < -0.4 is 0 Å². The number of esters is 3. The van der Waals surface area contributed by atoms with Crippen molar-refractivity contribution in [1.82, 2.24) is 0 Å². The van der Waals surface area contributed by atoms with Crippen LogP contribution >= 0.6 is 0 Å². The summed E-state index contributed by atoms with van der Waals surface area (Å²) < 4.78 is 17.0. The molecular weight excluding hydrogens is 1020 g/mol. The molecule has 6 heteroatoms. The van der Waals surface area contributed by atoms with E-state index in [1.807, 2.05) is 0 Å². The summed E-state index contributed by atoms with van der Waals surface area (Å²) in [5.41, 5.74) is 0. The number of carbonyl (C=O) groups excluding carboxylic acids is 3. The molecular formula is C77H146O6. The third-order valence-corrected chi connectivity index (χ3v) is 17.5. The quantitative estimate of drug-likeness (QED) is 0.0261. The Balaban J connectivity index is 4.17. The Hall–Kier alpha value is -2.11. The first kappa shape index (κ1) is 80.9. The number of hydrogen-bond acceptors (Lipinski definition) is 6. The third kappa shape index (κ3) is 70.5. The lowest BCUT2D eigenvalue weighted by molar-refractivity contribution is -0.167. The third-order valence-electron chi connectivity index (χ3n) is 17.5. The van der Waals surface area contributed by atoms with Crippen molar-refractivity contribution in [3.05, 3.63) is 24.3 Å². The minimum atomic E-state index is -0.767. The SMILES string of the molecule is CCCCCCC/C=C\C/C=C\CCCCCCCCCCCCCCCCCCCC(=O)OCC(COC(=O)CCCCCCCCCCCCCCC)OC(=O)CCCCCCCCCCCCCCCCCCCCCCCCC. The number of allylic oxidation sites excluding steroid dienone is 4. The standard InChI is InChI=1S/C77H146O6/c1-4-7-10-13-16-19-22-25-27-29-31-33-35-36-37-38-39-40-42-43-45-47-49-52-55-58-61-64-67-70-76(79)82-73-74(72-81-75(78)69-66-63-60-57-54-51-24-21-18-15-12-9-6-3)83-77(80)71-68-65-62-59-56-53-50-48-46-44-41-34-32-30-28-26-23-20-17-14-11-8-5-2/h22,25,29,31,74H,4-21,23-24,26-28,30,32-73H2,1-3H3/b25-22-,31-29-. The molecule has 1 atom stereocenters. The normalized spacial score (nSPS) is 12.1. The van der Waals surface area contributed by atoms with E-state index < -0.39 is 6.10 Å². The van der Waals surface area contributed by atoms with Gasteiger partial charge in [-0.1, -0.05) is 385 Å². The summed E-state index contributed by atoms with van der Waals surface area (Å²) in [5, 5.41) is 0. The van der Waals surface area contributed by atoms with Crippen LogP contribution in [0.2, 0.25) is 0 Å². The van der Waals surface area contributed by atoms with Gasteiger partial charge in [0.1, 0.15) is 13.2 Å². The van der Waals surface area contributed by atoms with Gasteiger partial charge >= 0.3 is 17.9 Å². The van der Waals surface area contributed by atoms with E-state index in [1.165, 1.54) is 327 Å². The summed E-state index contributed by atoms with van der Waals surface area (Å²) in [6.45, 7) is 6.72. The van der Waals surface area contributed by atoms with E-state index in [-0.39, 0.29) is 31.1 Å². The van der Waals surface area contributed by atoms with Gasteiger partial charge in [0, 0.05) is 19.3 Å². The minimum Gasteiger partial charge on any atom is -0.462 e. The minimum absolute atomic E-state index is 0.0630. The Labute approximate surface area is 519 Å². The first-order chi connectivity index (χ1) is 41.0. The number of hydrogen-bond donors (Lipinski definition) is 0. The summed E-state index contributed by atoms with van der Waals surface area (Å²) in [5.74, 6) is -0.825. The predicted octanol–water partition coefficient (Wildman–Crippen LogP) is 26.1. The Kier molecular flexibility index (Phi) is 70.5. The molecule has 0 fully saturated rings. The Morgan fingerprint density at radius 2 is 0.434 bits per heavy atom. The highest BCUT2D eigenvalue weighted by atomic mass is 16.6. The molecule has 0 aromatic heterocycles. The molecule has 0 heterocycles. The van der Waals surface area contributed by atoms with E-state index in [9.17, 15) is 14.4 Å². The van der Waals surface area contributed by atoms with Crippen LogP contribution in [0.25, 0.3) is 0 Å². The van der Waals surface area contributed by atoms with Gasteiger partial charge in [0.05, 0.1) is 0 Å². The zero-order valence-corrected chi connectivity index (χ0v) is 56.5. The summed E-state index contributed by atoms with van der Waals surface area (Å²) in [6.07, 6.45) is 89.4. The van der Waals surface area contributed by atoms with Crippen LogP contribution in [0.15, 0.2) is 24.3 Å². The second-order valence-electron chi connectivity index (χ2n) is 25.9. The molecule has 0 aliphatic carbocycles. The lowest BCUT2D eigenvalue weighted by atomic mass is 10.0. The van der Waals surface area contributed by atoms with Crippen molar-refractivity contribution in [2.45, 2.75) is 438 Å².